The summed E-state index contributed by atoms with van der Waals surface area (Å²) < 4.78 is 2.31. The summed E-state index contributed by atoms with van der Waals surface area (Å²) in [4.78, 5) is 15.3. The van der Waals surface area contributed by atoms with Gasteiger partial charge in [0.2, 0.25) is 5.91 Å². The molecule has 0 aromatic carbocycles. The second-order valence-electron chi connectivity index (χ2n) is 9.22. The molecule has 4 aliphatic rings. The van der Waals surface area contributed by atoms with Crippen LogP contribution in [-0.4, -0.2) is 45.2 Å². The maximum Gasteiger partial charge on any atom is 0.225 e. The highest BCUT2D eigenvalue weighted by Gasteiger charge is 2.37. The molecule has 6 nitrogen and oxygen atoms in total. The number of hydrogen-bond acceptors (Lipinski definition) is 4. The number of rotatable bonds is 2. The van der Waals surface area contributed by atoms with Crippen LogP contribution in [0.5, 0.6) is 0 Å². The molecule has 156 valence electrons. The highest BCUT2D eigenvalue weighted by Crippen LogP contribution is 2.43. The van der Waals surface area contributed by atoms with Crippen LogP contribution in [0, 0.1) is 17.8 Å². The molecule has 0 bridgehead atoms. The Hall–Kier alpha value is -1.14. The van der Waals surface area contributed by atoms with Gasteiger partial charge in [0.1, 0.15) is 11.6 Å². The molecule has 2 aliphatic heterocycles. The minimum atomic E-state index is 0. The van der Waals surface area contributed by atoms with Gasteiger partial charge in [-0.3, -0.25) is 4.79 Å². The SMILES string of the molecule is Cl.O=C(C1CCC2CCCCC2C1)N1CCC(c2nnc3n2CCNC3)CC1. The lowest BCUT2D eigenvalue weighted by molar-refractivity contribution is -0.139. The zero-order valence-electron chi connectivity index (χ0n) is 16.8. The summed E-state index contributed by atoms with van der Waals surface area (Å²) in [6.07, 6.45) is 11.2. The molecule has 28 heavy (non-hydrogen) atoms. The predicted octanol–water partition coefficient (Wildman–Crippen LogP) is 3.12. The van der Waals surface area contributed by atoms with E-state index in [1.54, 1.807) is 0 Å². The van der Waals surface area contributed by atoms with Crippen molar-refractivity contribution in [2.75, 3.05) is 19.6 Å². The van der Waals surface area contributed by atoms with Crippen molar-refractivity contribution >= 4 is 18.3 Å². The third-order valence-electron chi connectivity index (χ3n) is 7.71. The highest BCUT2D eigenvalue weighted by atomic mass is 35.5. The Morgan fingerprint density at radius 2 is 1.71 bits per heavy atom. The minimum absolute atomic E-state index is 0. The molecule has 3 fully saturated rings. The number of fused-ring (bicyclic) bond motifs is 2. The van der Waals surface area contributed by atoms with Crippen LogP contribution in [-0.2, 0) is 17.9 Å². The Balaban J connectivity index is 0.00000192. The smallest absolute Gasteiger partial charge is 0.225 e. The molecule has 0 spiro atoms. The molecule has 5 rings (SSSR count). The first kappa shape index (κ1) is 20.1. The fourth-order valence-electron chi connectivity index (χ4n) is 6.13. The van der Waals surface area contributed by atoms with Crippen molar-refractivity contribution < 1.29 is 4.79 Å². The van der Waals surface area contributed by atoms with Gasteiger partial charge in [-0.25, -0.2) is 0 Å². The third kappa shape index (κ3) is 3.82. The molecule has 7 heteroatoms. The predicted molar refractivity (Wildman–Crippen MR) is 110 cm³/mol. The van der Waals surface area contributed by atoms with Gasteiger partial charge in [-0.2, -0.15) is 0 Å². The normalized spacial score (nSPS) is 30.9. The zero-order chi connectivity index (χ0) is 18.2. The summed E-state index contributed by atoms with van der Waals surface area (Å²) in [6, 6.07) is 0. The van der Waals surface area contributed by atoms with Gasteiger partial charge in [-0.1, -0.05) is 25.7 Å². The monoisotopic (exact) mass is 407 g/mol. The molecule has 3 unspecified atom stereocenters. The Morgan fingerprint density at radius 3 is 2.54 bits per heavy atom. The van der Waals surface area contributed by atoms with Gasteiger partial charge in [0.05, 0.1) is 6.54 Å². The maximum absolute atomic E-state index is 13.1. The molecule has 3 heterocycles. The van der Waals surface area contributed by atoms with Crippen LogP contribution < -0.4 is 5.32 Å². The van der Waals surface area contributed by atoms with Crippen LogP contribution in [0.25, 0.3) is 0 Å². The maximum atomic E-state index is 13.1. The fourth-order valence-corrected chi connectivity index (χ4v) is 6.13. The average molecular weight is 408 g/mol. The van der Waals surface area contributed by atoms with E-state index >= 15 is 0 Å². The van der Waals surface area contributed by atoms with Gasteiger partial charge in [0.15, 0.2) is 0 Å². The average Bonchev–Trinajstić information content (AvgIpc) is 3.17. The van der Waals surface area contributed by atoms with Gasteiger partial charge >= 0.3 is 0 Å². The first-order valence-electron chi connectivity index (χ1n) is 11.2. The van der Waals surface area contributed by atoms with Crippen molar-refractivity contribution in [3.63, 3.8) is 0 Å². The molecule has 1 amide bonds. The summed E-state index contributed by atoms with van der Waals surface area (Å²) in [7, 11) is 0. The first-order chi connectivity index (χ1) is 13.3. The number of nitrogens with zero attached hydrogens (tertiary/aromatic N) is 4. The van der Waals surface area contributed by atoms with Crippen molar-refractivity contribution in [2.24, 2.45) is 17.8 Å². The number of amides is 1. The van der Waals surface area contributed by atoms with Gasteiger partial charge < -0.3 is 14.8 Å². The molecule has 2 aliphatic carbocycles. The Labute approximate surface area is 174 Å². The lowest BCUT2D eigenvalue weighted by atomic mass is 9.67. The molecule has 1 aromatic heterocycles. The van der Waals surface area contributed by atoms with E-state index in [1.807, 2.05) is 0 Å². The van der Waals surface area contributed by atoms with E-state index in [-0.39, 0.29) is 12.4 Å². The zero-order valence-corrected chi connectivity index (χ0v) is 17.6. The van der Waals surface area contributed by atoms with E-state index < -0.39 is 0 Å². The van der Waals surface area contributed by atoms with Crippen molar-refractivity contribution in [1.82, 2.24) is 25.0 Å². The fraction of sp³-hybridized carbons (Fsp3) is 0.857. The Morgan fingerprint density at radius 1 is 0.929 bits per heavy atom. The molecule has 1 N–H and O–H groups in total. The first-order valence-corrected chi connectivity index (χ1v) is 11.2. The second kappa shape index (κ2) is 8.70. The minimum Gasteiger partial charge on any atom is -0.342 e. The van der Waals surface area contributed by atoms with Crippen molar-refractivity contribution in [2.45, 2.75) is 76.8 Å². The molecule has 1 saturated heterocycles. The highest BCUT2D eigenvalue weighted by molar-refractivity contribution is 5.85. The number of halogens is 1. The molecular formula is C21H34ClN5O. The number of piperidine rings is 1. The summed E-state index contributed by atoms with van der Waals surface area (Å²) in [5.74, 6) is 5.18. The van der Waals surface area contributed by atoms with Crippen molar-refractivity contribution in [1.29, 1.82) is 0 Å². The largest absolute Gasteiger partial charge is 0.342 e. The second-order valence-corrected chi connectivity index (χ2v) is 9.22. The number of likely N-dealkylation sites (tertiary alicyclic amines) is 1. The number of hydrogen-bond donors (Lipinski definition) is 1. The third-order valence-corrected chi connectivity index (χ3v) is 7.71. The number of carbonyl (C=O) groups excluding carboxylic acids is 1. The van der Waals surface area contributed by atoms with Gasteiger partial charge in [0.25, 0.3) is 0 Å². The quantitative estimate of drug-likeness (QED) is 0.818. The topological polar surface area (TPSA) is 63.1 Å². The number of aromatic nitrogens is 3. The van der Waals surface area contributed by atoms with Crippen LogP contribution in [0.2, 0.25) is 0 Å². The van der Waals surface area contributed by atoms with Crippen LogP contribution in [0.1, 0.15) is 75.4 Å². The molecule has 0 radical (unpaired) electrons. The Kier molecular flexibility index (Phi) is 6.26. The summed E-state index contributed by atoms with van der Waals surface area (Å²) in [6.45, 7) is 4.60. The standard InChI is InChI=1S/C21H33N5O.ClH/c27-21(18-6-5-15-3-1-2-4-17(15)13-18)25-10-7-16(8-11-25)20-24-23-19-14-22-9-12-26(19)20;/h15-18,22H,1-14H2;1H. The number of nitrogens with one attached hydrogen (secondary N) is 1. The molecular weight excluding hydrogens is 374 g/mol. The molecule has 2 saturated carbocycles. The lowest BCUT2D eigenvalue weighted by Crippen LogP contribution is -2.44. The summed E-state index contributed by atoms with van der Waals surface area (Å²) >= 11 is 0. The van der Waals surface area contributed by atoms with E-state index in [1.165, 1.54) is 32.1 Å². The van der Waals surface area contributed by atoms with Gasteiger partial charge in [-0.05, 0) is 43.9 Å². The number of carbonyl (C=O) groups is 1. The van der Waals surface area contributed by atoms with E-state index in [4.69, 9.17) is 0 Å². The van der Waals surface area contributed by atoms with Crippen LogP contribution >= 0.6 is 12.4 Å². The van der Waals surface area contributed by atoms with Crippen LogP contribution in [0.15, 0.2) is 0 Å². The molecule has 3 atom stereocenters. The summed E-state index contributed by atoms with van der Waals surface area (Å²) in [5.41, 5.74) is 0. The summed E-state index contributed by atoms with van der Waals surface area (Å²) in [5, 5.41) is 12.2. The van der Waals surface area contributed by atoms with Crippen molar-refractivity contribution in [3.8, 4) is 0 Å². The molecule has 1 aromatic rings. The van der Waals surface area contributed by atoms with E-state index in [0.717, 1.165) is 81.9 Å². The Bertz CT molecular complexity index is 684. The van der Waals surface area contributed by atoms with E-state index in [0.29, 0.717) is 17.7 Å². The van der Waals surface area contributed by atoms with Crippen LogP contribution in [0.4, 0.5) is 0 Å². The van der Waals surface area contributed by atoms with E-state index in [2.05, 4.69) is 25.0 Å². The van der Waals surface area contributed by atoms with Crippen LogP contribution in [0.3, 0.4) is 0 Å². The lowest BCUT2D eigenvalue weighted by Gasteiger charge is -2.41. The van der Waals surface area contributed by atoms with E-state index in [9.17, 15) is 4.79 Å². The van der Waals surface area contributed by atoms with Gasteiger partial charge in [-0.15, -0.1) is 22.6 Å². The van der Waals surface area contributed by atoms with Crippen molar-refractivity contribution in [3.05, 3.63) is 11.6 Å². The van der Waals surface area contributed by atoms with Gasteiger partial charge in [0, 0.05) is 38.0 Å².